The van der Waals surface area contributed by atoms with Gasteiger partial charge >= 0.3 is 0 Å². The second kappa shape index (κ2) is 6.84. The minimum Gasteiger partial charge on any atom is -0.495 e. The number of amides is 1. The van der Waals surface area contributed by atoms with Crippen molar-refractivity contribution in [2.24, 2.45) is 0 Å². The number of hydrogen-bond acceptors (Lipinski definition) is 5. The Kier molecular flexibility index (Phi) is 4.88. The van der Waals surface area contributed by atoms with E-state index >= 15 is 0 Å². The first-order valence-corrected chi connectivity index (χ1v) is 6.77. The van der Waals surface area contributed by atoms with Crippen molar-refractivity contribution in [3.63, 3.8) is 0 Å². The highest BCUT2D eigenvalue weighted by atomic mass is 19.1. The number of carbonyl (C=O) groups excluding carboxylic acids is 1. The number of benzene rings is 1. The van der Waals surface area contributed by atoms with Crippen molar-refractivity contribution in [1.82, 2.24) is 9.97 Å². The minimum atomic E-state index is -0.503. The Bertz CT molecular complexity index is 691. The first kappa shape index (κ1) is 15.7. The van der Waals surface area contributed by atoms with Gasteiger partial charge in [-0.15, -0.1) is 0 Å². The maximum Gasteiger partial charge on any atom is 0.221 e. The molecule has 2 aromatic rings. The maximum absolute atomic E-state index is 14.2. The predicted octanol–water partition coefficient (Wildman–Crippen LogP) is 2.89. The molecule has 1 heterocycles. The molecule has 0 saturated heterocycles. The summed E-state index contributed by atoms with van der Waals surface area (Å²) >= 11 is 0. The predicted molar refractivity (Wildman–Crippen MR) is 81.9 cm³/mol. The fraction of sp³-hybridized carbons (Fsp3) is 0.267. The molecule has 116 valence electrons. The monoisotopic (exact) mass is 304 g/mol. The summed E-state index contributed by atoms with van der Waals surface area (Å²) in [7, 11) is 1.51. The Labute approximate surface area is 127 Å². The van der Waals surface area contributed by atoms with Crippen LogP contribution in [0.2, 0.25) is 0 Å². The minimum absolute atomic E-state index is 0.0603. The van der Waals surface area contributed by atoms with Crippen LogP contribution in [0.5, 0.6) is 5.75 Å². The number of aromatic nitrogens is 2. The average Bonchev–Trinajstić information content (AvgIpc) is 2.49. The highest BCUT2D eigenvalue weighted by Gasteiger charge is 2.12. The van der Waals surface area contributed by atoms with E-state index < -0.39 is 5.82 Å². The smallest absolute Gasteiger partial charge is 0.221 e. The Morgan fingerprint density at radius 3 is 2.77 bits per heavy atom. The Balaban J connectivity index is 2.37. The summed E-state index contributed by atoms with van der Waals surface area (Å²) in [6.07, 6.45) is 1.76. The lowest BCUT2D eigenvalue weighted by atomic mass is 10.2. The van der Waals surface area contributed by atoms with E-state index in [1.54, 1.807) is 18.2 Å². The fourth-order valence-corrected chi connectivity index (χ4v) is 1.95. The number of aryl methyl sites for hydroxylation is 1. The molecule has 1 aromatic heterocycles. The molecule has 0 aliphatic carbocycles. The Hall–Kier alpha value is -2.70. The van der Waals surface area contributed by atoms with Gasteiger partial charge in [-0.05, 0) is 24.6 Å². The van der Waals surface area contributed by atoms with Gasteiger partial charge in [-0.3, -0.25) is 4.79 Å². The number of methoxy groups -OCH3 is 1. The van der Waals surface area contributed by atoms with Crippen molar-refractivity contribution in [3.05, 3.63) is 36.0 Å². The lowest BCUT2D eigenvalue weighted by Crippen LogP contribution is -2.07. The number of nitrogens with one attached hydrogen (secondary N) is 2. The van der Waals surface area contributed by atoms with E-state index in [1.165, 1.54) is 20.4 Å². The number of hydrogen-bond donors (Lipinski definition) is 2. The van der Waals surface area contributed by atoms with E-state index in [1.807, 2.05) is 6.92 Å². The van der Waals surface area contributed by atoms with Gasteiger partial charge in [0.15, 0.2) is 11.6 Å². The molecular formula is C15H17FN4O2. The Morgan fingerprint density at radius 1 is 1.36 bits per heavy atom. The third-order valence-corrected chi connectivity index (χ3v) is 2.97. The summed E-state index contributed by atoms with van der Waals surface area (Å²) in [6, 6.07) is 5.01. The molecule has 0 unspecified atom stereocenters. The van der Waals surface area contributed by atoms with Crippen molar-refractivity contribution < 1.29 is 13.9 Å². The third-order valence-electron chi connectivity index (χ3n) is 2.97. The number of halogens is 1. The van der Waals surface area contributed by atoms with Crippen LogP contribution in [0, 0.1) is 5.82 Å². The molecule has 0 aliphatic rings. The van der Waals surface area contributed by atoms with E-state index in [4.69, 9.17) is 4.74 Å². The fourth-order valence-electron chi connectivity index (χ4n) is 1.95. The zero-order valence-corrected chi connectivity index (χ0v) is 12.6. The number of rotatable bonds is 5. The van der Waals surface area contributed by atoms with Crippen molar-refractivity contribution in [2.45, 2.75) is 20.3 Å². The van der Waals surface area contributed by atoms with Gasteiger partial charge in [0.05, 0.1) is 18.5 Å². The standard InChI is InChI=1S/C15H17FN4O2/c1-4-11-14(16)15(18-8-17-11)20-12-7-10(19-9(2)21)5-6-13(12)22-3/h5-8H,4H2,1-3H3,(H,19,21)(H,17,18,20). The third kappa shape index (κ3) is 3.49. The van der Waals surface area contributed by atoms with Gasteiger partial charge in [0, 0.05) is 12.6 Å². The SMILES string of the molecule is CCc1ncnc(Nc2cc(NC(C)=O)ccc2OC)c1F. The number of ether oxygens (including phenoxy) is 1. The normalized spacial score (nSPS) is 10.2. The zero-order chi connectivity index (χ0) is 16.1. The van der Waals surface area contributed by atoms with Gasteiger partial charge in [-0.1, -0.05) is 6.92 Å². The Morgan fingerprint density at radius 2 is 2.14 bits per heavy atom. The zero-order valence-electron chi connectivity index (χ0n) is 12.6. The van der Waals surface area contributed by atoms with E-state index in [0.29, 0.717) is 29.2 Å². The van der Waals surface area contributed by atoms with Gasteiger partial charge < -0.3 is 15.4 Å². The van der Waals surface area contributed by atoms with Crippen molar-refractivity contribution in [3.8, 4) is 5.75 Å². The summed E-state index contributed by atoms with van der Waals surface area (Å²) in [5, 5.41) is 5.54. The van der Waals surface area contributed by atoms with Crippen LogP contribution < -0.4 is 15.4 Å². The molecule has 22 heavy (non-hydrogen) atoms. The van der Waals surface area contributed by atoms with Crippen LogP contribution in [0.25, 0.3) is 0 Å². The van der Waals surface area contributed by atoms with Crippen LogP contribution in [0.4, 0.5) is 21.6 Å². The van der Waals surface area contributed by atoms with Crippen LogP contribution in [0.15, 0.2) is 24.5 Å². The largest absolute Gasteiger partial charge is 0.495 e. The second-order valence-corrected chi connectivity index (χ2v) is 4.56. The summed E-state index contributed by atoms with van der Waals surface area (Å²) in [5.41, 5.74) is 1.39. The lowest BCUT2D eigenvalue weighted by molar-refractivity contribution is -0.114. The summed E-state index contributed by atoms with van der Waals surface area (Å²) in [6.45, 7) is 3.22. The quantitative estimate of drug-likeness (QED) is 0.888. The van der Waals surface area contributed by atoms with Crippen molar-refractivity contribution >= 4 is 23.1 Å². The van der Waals surface area contributed by atoms with Crippen molar-refractivity contribution in [1.29, 1.82) is 0 Å². The van der Waals surface area contributed by atoms with Gasteiger partial charge in [-0.2, -0.15) is 0 Å². The van der Waals surface area contributed by atoms with Crippen molar-refractivity contribution in [2.75, 3.05) is 17.7 Å². The highest BCUT2D eigenvalue weighted by molar-refractivity contribution is 5.89. The molecule has 1 amide bonds. The van der Waals surface area contributed by atoms with Crippen LogP contribution in [0.3, 0.4) is 0 Å². The molecule has 0 fully saturated rings. The van der Waals surface area contributed by atoms with Gasteiger partial charge in [0.1, 0.15) is 12.1 Å². The topological polar surface area (TPSA) is 76.1 Å². The summed E-state index contributed by atoms with van der Waals surface area (Å²) in [5.74, 6) is -0.134. The second-order valence-electron chi connectivity index (χ2n) is 4.56. The first-order valence-electron chi connectivity index (χ1n) is 6.77. The van der Waals surface area contributed by atoms with Gasteiger partial charge in [0.2, 0.25) is 5.91 Å². The molecule has 6 nitrogen and oxygen atoms in total. The summed E-state index contributed by atoms with van der Waals surface area (Å²) in [4.78, 5) is 18.9. The number of carbonyl (C=O) groups is 1. The molecule has 0 saturated carbocycles. The molecule has 0 aliphatic heterocycles. The molecular weight excluding hydrogens is 287 g/mol. The van der Waals surface area contributed by atoms with Gasteiger partial charge in [-0.25, -0.2) is 14.4 Å². The van der Waals surface area contributed by atoms with E-state index in [2.05, 4.69) is 20.6 Å². The van der Waals surface area contributed by atoms with E-state index in [0.717, 1.165) is 0 Å². The highest BCUT2D eigenvalue weighted by Crippen LogP contribution is 2.31. The first-order chi connectivity index (χ1) is 10.5. The van der Waals surface area contributed by atoms with Crippen LogP contribution in [-0.2, 0) is 11.2 Å². The van der Waals surface area contributed by atoms with Crippen LogP contribution in [0.1, 0.15) is 19.5 Å². The molecule has 2 rings (SSSR count). The molecule has 0 radical (unpaired) electrons. The molecule has 0 atom stereocenters. The van der Waals surface area contributed by atoms with E-state index in [-0.39, 0.29) is 11.7 Å². The van der Waals surface area contributed by atoms with Crippen LogP contribution >= 0.6 is 0 Å². The van der Waals surface area contributed by atoms with Crippen LogP contribution in [-0.4, -0.2) is 23.0 Å². The summed E-state index contributed by atoms with van der Waals surface area (Å²) < 4.78 is 19.4. The molecule has 7 heteroatoms. The molecule has 2 N–H and O–H groups in total. The average molecular weight is 304 g/mol. The molecule has 0 spiro atoms. The maximum atomic E-state index is 14.2. The van der Waals surface area contributed by atoms with E-state index in [9.17, 15) is 9.18 Å². The number of nitrogens with zero attached hydrogens (tertiary/aromatic N) is 2. The molecule has 0 bridgehead atoms. The lowest BCUT2D eigenvalue weighted by Gasteiger charge is -2.13. The number of anilines is 3. The van der Waals surface area contributed by atoms with Gasteiger partial charge in [0.25, 0.3) is 0 Å². The molecule has 1 aromatic carbocycles.